The molecule has 0 aliphatic carbocycles. The van der Waals surface area contributed by atoms with Gasteiger partial charge in [-0.05, 0) is 25.2 Å². The van der Waals surface area contributed by atoms with E-state index >= 15 is 0 Å². The molecule has 0 aliphatic rings. The Kier molecular flexibility index (Phi) is 3.16. The third kappa shape index (κ3) is 1.96. The molecule has 0 spiro atoms. The quantitative estimate of drug-likeness (QED) is 0.553. The van der Waals surface area contributed by atoms with Crippen LogP contribution in [-0.2, 0) is 0 Å². The first kappa shape index (κ1) is 8.93. The fourth-order valence-corrected chi connectivity index (χ4v) is 0.813. The van der Waals surface area contributed by atoms with Crippen molar-refractivity contribution in [2.45, 2.75) is 46.7 Å². The highest BCUT2D eigenvalue weighted by Crippen LogP contribution is 2.31. The molecule has 0 aromatic carbocycles. The minimum Gasteiger partial charge on any atom is -0.247 e. The monoisotopic (exact) mass is 132 g/mol. The van der Waals surface area contributed by atoms with Gasteiger partial charge in [0.05, 0.1) is 0 Å². The number of hydrogen-bond acceptors (Lipinski definition) is 0. The summed E-state index contributed by atoms with van der Waals surface area (Å²) in [7, 11) is 0. The molecule has 56 valence electrons. The number of hydrogen-bond donors (Lipinski definition) is 0. The van der Waals surface area contributed by atoms with Gasteiger partial charge in [-0.25, -0.2) is 4.39 Å². The van der Waals surface area contributed by atoms with E-state index in [0.29, 0.717) is 0 Å². The molecule has 0 saturated carbocycles. The first-order chi connectivity index (χ1) is 4.06. The maximum absolute atomic E-state index is 12.8. The van der Waals surface area contributed by atoms with Crippen LogP contribution in [0.5, 0.6) is 0 Å². The standard InChI is InChI=1S/C8H17F/c1-5-8(4,6-2)7(3)9/h7H,5-6H2,1-4H3. The molecule has 0 radical (unpaired) electrons. The van der Waals surface area contributed by atoms with Crippen molar-refractivity contribution < 1.29 is 4.39 Å². The van der Waals surface area contributed by atoms with Crippen molar-refractivity contribution in [3.05, 3.63) is 0 Å². The second kappa shape index (κ2) is 3.19. The average molecular weight is 132 g/mol. The van der Waals surface area contributed by atoms with Crippen molar-refractivity contribution in [2.75, 3.05) is 0 Å². The molecule has 0 heterocycles. The van der Waals surface area contributed by atoms with E-state index in [1.165, 1.54) is 0 Å². The van der Waals surface area contributed by atoms with Crippen LogP contribution in [0.25, 0.3) is 0 Å². The third-order valence-corrected chi connectivity index (χ3v) is 2.58. The highest BCUT2D eigenvalue weighted by molar-refractivity contribution is 4.76. The van der Waals surface area contributed by atoms with Crippen molar-refractivity contribution in [1.29, 1.82) is 0 Å². The van der Waals surface area contributed by atoms with Gasteiger partial charge in [0.2, 0.25) is 0 Å². The lowest BCUT2D eigenvalue weighted by molar-refractivity contribution is 0.129. The van der Waals surface area contributed by atoms with Crippen molar-refractivity contribution >= 4 is 0 Å². The largest absolute Gasteiger partial charge is 0.247 e. The zero-order chi connectivity index (χ0) is 7.49. The molecule has 0 bridgehead atoms. The average Bonchev–Trinajstić information content (AvgIpc) is 1.86. The Hall–Kier alpha value is -0.0700. The van der Waals surface area contributed by atoms with Gasteiger partial charge < -0.3 is 0 Å². The van der Waals surface area contributed by atoms with Gasteiger partial charge in [0, 0.05) is 0 Å². The molecule has 0 aromatic rings. The maximum atomic E-state index is 12.8. The molecular formula is C8H17F. The Bertz CT molecular complexity index is 72.6. The van der Waals surface area contributed by atoms with Crippen LogP contribution in [-0.4, -0.2) is 6.17 Å². The minimum absolute atomic E-state index is 0.0833. The minimum atomic E-state index is -0.674. The third-order valence-electron chi connectivity index (χ3n) is 2.58. The molecule has 1 heteroatoms. The van der Waals surface area contributed by atoms with E-state index in [-0.39, 0.29) is 5.41 Å². The lowest BCUT2D eigenvalue weighted by atomic mass is 9.81. The molecule has 0 fully saturated rings. The highest BCUT2D eigenvalue weighted by Gasteiger charge is 2.26. The van der Waals surface area contributed by atoms with Crippen LogP contribution in [0, 0.1) is 5.41 Å². The molecule has 0 rings (SSSR count). The Morgan fingerprint density at radius 1 is 1.33 bits per heavy atom. The smallest absolute Gasteiger partial charge is 0.103 e. The summed E-state index contributed by atoms with van der Waals surface area (Å²) < 4.78 is 12.8. The van der Waals surface area contributed by atoms with E-state index in [2.05, 4.69) is 0 Å². The van der Waals surface area contributed by atoms with Crippen LogP contribution < -0.4 is 0 Å². The van der Waals surface area contributed by atoms with Crippen LogP contribution in [0.15, 0.2) is 0 Å². The van der Waals surface area contributed by atoms with Gasteiger partial charge in [0.1, 0.15) is 6.17 Å². The first-order valence-electron chi connectivity index (χ1n) is 3.71. The summed E-state index contributed by atoms with van der Waals surface area (Å²) in [6.07, 6.45) is 1.19. The van der Waals surface area contributed by atoms with E-state index in [4.69, 9.17) is 0 Å². The Morgan fingerprint density at radius 3 is 1.67 bits per heavy atom. The van der Waals surface area contributed by atoms with E-state index in [9.17, 15) is 4.39 Å². The molecule has 1 atom stereocenters. The molecule has 9 heavy (non-hydrogen) atoms. The fourth-order valence-electron chi connectivity index (χ4n) is 0.813. The fraction of sp³-hybridized carbons (Fsp3) is 1.00. The zero-order valence-electron chi connectivity index (χ0n) is 6.87. The van der Waals surface area contributed by atoms with Gasteiger partial charge in [-0.3, -0.25) is 0 Å². The van der Waals surface area contributed by atoms with Crippen molar-refractivity contribution in [3.63, 3.8) is 0 Å². The summed E-state index contributed by atoms with van der Waals surface area (Å²) in [5.74, 6) is 0. The predicted molar refractivity (Wildman–Crippen MR) is 39.3 cm³/mol. The van der Waals surface area contributed by atoms with Gasteiger partial charge in [-0.2, -0.15) is 0 Å². The van der Waals surface area contributed by atoms with E-state index in [1.54, 1.807) is 6.92 Å². The molecule has 0 aromatic heterocycles. The van der Waals surface area contributed by atoms with E-state index < -0.39 is 6.17 Å². The van der Waals surface area contributed by atoms with E-state index in [0.717, 1.165) is 12.8 Å². The summed E-state index contributed by atoms with van der Waals surface area (Å²) in [5, 5.41) is 0. The van der Waals surface area contributed by atoms with Crippen LogP contribution in [0.1, 0.15) is 40.5 Å². The second-order valence-corrected chi connectivity index (χ2v) is 2.98. The number of halogens is 1. The number of alkyl halides is 1. The van der Waals surface area contributed by atoms with Gasteiger partial charge in [-0.1, -0.05) is 20.8 Å². The molecule has 1 unspecified atom stereocenters. The van der Waals surface area contributed by atoms with Gasteiger partial charge in [0.25, 0.3) is 0 Å². The summed E-state index contributed by atoms with van der Waals surface area (Å²) >= 11 is 0. The molecule has 0 aliphatic heterocycles. The van der Waals surface area contributed by atoms with Crippen LogP contribution in [0.2, 0.25) is 0 Å². The Morgan fingerprint density at radius 2 is 1.67 bits per heavy atom. The van der Waals surface area contributed by atoms with Gasteiger partial charge >= 0.3 is 0 Å². The molecule has 0 saturated heterocycles. The normalized spacial score (nSPS) is 15.7. The van der Waals surface area contributed by atoms with Crippen LogP contribution in [0.4, 0.5) is 4.39 Å². The molecule has 0 nitrogen and oxygen atoms in total. The SMILES string of the molecule is CCC(C)(CC)C(C)F. The predicted octanol–water partition coefficient (Wildman–Crippen LogP) is 3.17. The number of rotatable bonds is 3. The summed E-state index contributed by atoms with van der Waals surface area (Å²) in [6.45, 7) is 7.73. The zero-order valence-corrected chi connectivity index (χ0v) is 6.87. The first-order valence-corrected chi connectivity index (χ1v) is 3.71. The summed E-state index contributed by atoms with van der Waals surface area (Å²) in [4.78, 5) is 0. The lowest BCUT2D eigenvalue weighted by Gasteiger charge is -2.27. The van der Waals surface area contributed by atoms with Crippen molar-refractivity contribution in [3.8, 4) is 0 Å². The van der Waals surface area contributed by atoms with Crippen LogP contribution >= 0.6 is 0 Å². The maximum Gasteiger partial charge on any atom is 0.103 e. The molecule has 0 N–H and O–H groups in total. The molecule has 0 amide bonds. The van der Waals surface area contributed by atoms with E-state index in [1.807, 2.05) is 20.8 Å². The topological polar surface area (TPSA) is 0 Å². The van der Waals surface area contributed by atoms with Gasteiger partial charge in [-0.15, -0.1) is 0 Å². The molecular weight excluding hydrogens is 115 g/mol. The Balaban J connectivity index is 3.92. The Labute approximate surface area is 57.5 Å². The van der Waals surface area contributed by atoms with Crippen molar-refractivity contribution in [1.82, 2.24) is 0 Å². The summed E-state index contributed by atoms with van der Waals surface area (Å²) in [6, 6.07) is 0. The van der Waals surface area contributed by atoms with Gasteiger partial charge in [0.15, 0.2) is 0 Å². The van der Waals surface area contributed by atoms with Crippen molar-refractivity contribution in [2.24, 2.45) is 5.41 Å². The van der Waals surface area contributed by atoms with Crippen LogP contribution in [0.3, 0.4) is 0 Å². The lowest BCUT2D eigenvalue weighted by Crippen LogP contribution is -2.24. The summed E-state index contributed by atoms with van der Waals surface area (Å²) in [5.41, 5.74) is -0.0833. The second-order valence-electron chi connectivity index (χ2n) is 2.98. The highest BCUT2D eigenvalue weighted by atomic mass is 19.1.